The van der Waals surface area contributed by atoms with E-state index in [1.807, 2.05) is 36.4 Å². The highest BCUT2D eigenvalue weighted by atomic mass is 79.9. The van der Waals surface area contributed by atoms with Gasteiger partial charge in [-0.1, -0.05) is 64.5 Å². The zero-order valence-electron chi connectivity index (χ0n) is 10.8. The summed E-state index contributed by atoms with van der Waals surface area (Å²) in [5.41, 5.74) is 4.42. The lowest BCUT2D eigenvalue weighted by atomic mass is 9.94. The minimum absolute atomic E-state index is 0.282. The van der Waals surface area contributed by atoms with E-state index in [2.05, 4.69) is 40.2 Å². The molecule has 0 amide bonds. The number of halogens is 1. The van der Waals surface area contributed by atoms with Crippen LogP contribution in [0.5, 0.6) is 5.75 Å². The second kappa shape index (κ2) is 5.51. The second-order valence-corrected chi connectivity index (χ2v) is 5.52. The first-order valence-electron chi connectivity index (χ1n) is 6.38. The van der Waals surface area contributed by atoms with Crippen LogP contribution in [0.25, 0.3) is 22.3 Å². The maximum Gasteiger partial charge on any atom is 0.116 e. The Labute approximate surface area is 126 Å². The minimum atomic E-state index is 0.282. The molecule has 3 aromatic rings. The van der Waals surface area contributed by atoms with Crippen molar-refractivity contribution < 1.29 is 5.11 Å². The van der Waals surface area contributed by atoms with E-state index >= 15 is 0 Å². The van der Waals surface area contributed by atoms with Crippen LogP contribution in [-0.2, 0) is 0 Å². The molecule has 0 spiro atoms. The molecule has 1 nitrogen and oxygen atoms in total. The lowest BCUT2D eigenvalue weighted by Crippen LogP contribution is -1.85. The number of hydrogen-bond donors (Lipinski definition) is 1. The fraction of sp³-hybridized carbons (Fsp3) is 0. The lowest BCUT2D eigenvalue weighted by Gasteiger charge is -2.11. The first-order chi connectivity index (χ1) is 9.74. The summed E-state index contributed by atoms with van der Waals surface area (Å²) in [7, 11) is 0. The maximum absolute atomic E-state index is 9.68. The van der Waals surface area contributed by atoms with Crippen molar-refractivity contribution >= 4 is 15.9 Å². The van der Waals surface area contributed by atoms with Crippen molar-refractivity contribution in [3.05, 3.63) is 77.3 Å². The predicted molar refractivity (Wildman–Crippen MR) is 86.7 cm³/mol. The van der Waals surface area contributed by atoms with Gasteiger partial charge in [-0.05, 0) is 46.5 Å². The second-order valence-electron chi connectivity index (χ2n) is 4.61. The van der Waals surface area contributed by atoms with Gasteiger partial charge in [0, 0.05) is 4.47 Å². The Kier molecular flexibility index (Phi) is 3.57. The highest BCUT2D eigenvalue weighted by molar-refractivity contribution is 9.10. The molecule has 0 unspecified atom stereocenters. The molecular weight excluding hydrogens is 312 g/mol. The van der Waals surface area contributed by atoms with Gasteiger partial charge in [-0.3, -0.25) is 0 Å². The Morgan fingerprint density at radius 2 is 1.40 bits per heavy atom. The highest BCUT2D eigenvalue weighted by Crippen LogP contribution is 2.35. The van der Waals surface area contributed by atoms with Crippen molar-refractivity contribution in [1.82, 2.24) is 0 Å². The SMILES string of the molecule is Oc1cccc(-c2ccc(Br)cc2-c2ccccc2)c1. The molecule has 0 bridgehead atoms. The molecule has 2 heteroatoms. The van der Waals surface area contributed by atoms with E-state index < -0.39 is 0 Å². The summed E-state index contributed by atoms with van der Waals surface area (Å²) >= 11 is 3.53. The summed E-state index contributed by atoms with van der Waals surface area (Å²) in [5.74, 6) is 0.282. The number of phenols is 1. The molecule has 20 heavy (non-hydrogen) atoms. The van der Waals surface area contributed by atoms with Crippen LogP contribution in [0, 0.1) is 0 Å². The monoisotopic (exact) mass is 324 g/mol. The van der Waals surface area contributed by atoms with E-state index in [0.29, 0.717) is 0 Å². The normalized spacial score (nSPS) is 10.4. The summed E-state index contributed by atoms with van der Waals surface area (Å²) in [6.07, 6.45) is 0. The fourth-order valence-electron chi connectivity index (χ4n) is 2.30. The van der Waals surface area contributed by atoms with E-state index in [9.17, 15) is 5.11 Å². The molecule has 0 aromatic heterocycles. The smallest absolute Gasteiger partial charge is 0.116 e. The Morgan fingerprint density at radius 3 is 2.15 bits per heavy atom. The van der Waals surface area contributed by atoms with E-state index in [4.69, 9.17) is 0 Å². The van der Waals surface area contributed by atoms with Gasteiger partial charge in [0.1, 0.15) is 5.75 Å². The number of benzene rings is 3. The van der Waals surface area contributed by atoms with Gasteiger partial charge in [-0.2, -0.15) is 0 Å². The highest BCUT2D eigenvalue weighted by Gasteiger charge is 2.08. The zero-order valence-corrected chi connectivity index (χ0v) is 12.3. The molecule has 0 radical (unpaired) electrons. The van der Waals surface area contributed by atoms with Crippen LogP contribution in [0.15, 0.2) is 77.3 Å². The molecule has 0 aliphatic heterocycles. The summed E-state index contributed by atoms with van der Waals surface area (Å²) in [6, 6.07) is 23.8. The third-order valence-electron chi connectivity index (χ3n) is 3.22. The zero-order chi connectivity index (χ0) is 13.9. The number of aromatic hydroxyl groups is 1. The summed E-state index contributed by atoms with van der Waals surface area (Å²) in [5, 5.41) is 9.68. The van der Waals surface area contributed by atoms with Crippen LogP contribution >= 0.6 is 15.9 Å². The van der Waals surface area contributed by atoms with Crippen molar-refractivity contribution in [3.8, 4) is 28.0 Å². The first kappa shape index (κ1) is 12.9. The fourth-order valence-corrected chi connectivity index (χ4v) is 2.66. The molecule has 1 N–H and O–H groups in total. The Hall–Kier alpha value is -2.06. The molecule has 3 rings (SSSR count). The molecule has 0 fully saturated rings. The molecule has 0 heterocycles. The molecular formula is C18H13BrO. The molecule has 0 aliphatic rings. The van der Waals surface area contributed by atoms with Crippen molar-refractivity contribution in [3.63, 3.8) is 0 Å². The average molecular weight is 325 g/mol. The van der Waals surface area contributed by atoms with Gasteiger partial charge in [0.05, 0.1) is 0 Å². The van der Waals surface area contributed by atoms with Gasteiger partial charge in [-0.25, -0.2) is 0 Å². The van der Waals surface area contributed by atoms with Gasteiger partial charge in [0.2, 0.25) is 0 Å². The van der Waals surface area contributed by atoms with Crippen molar-refractivity contribution in [2.75, 3.05) is 0 Å². The molecule has 0 atom stereocenters. The van der Waals surface area contributed by atoms with Gasteiger partial charge < -0.3 is 5.11 Å². The molecule has 0 aliphatic carbocycles. The van der Waals surface area contributed by atoms with Crippen LogP contribution in [-0.4, -0.2) is 5.11 Å². The number of phenolic OH excluding ortho intramolecular Hbond substituents is 1. The molecule has 0 saturated carbocycles. The number of hydrogen-bond acceptors (Lipinski definition) is 1. The van der Waals surface area contributed by atoms with Crippen molar-refractivity contribution in [2.45, 2.75) is 0 Å². The van der Waals surface area contributed by atoms with Gasteiger partial charge >= 0.3 is 0 Å². The largest absolute Gasteiger partial charge is 0.508 e. The summed E-state index contributed by atoms with van der Waals surface area (Å²) < 4.78 is 1.04. The molecule has 3 aromatic carbocycles. The summed E-state index contributed by atoms with van der Waals surface area (Å²) in [4.78, 5) is 0. The maximum atomic E-state index is 9.68. The van der Waals surface area contributed by atoms with E-state index in [0.717, 1.165) is 26.7 Å². The van der Waals surface area contributed by atoms with Crippen LogP contribution in [0.4, 0.5) is 0 Å². The van der Waals surface area contributed by atoms with Gasteiger partial charge in [0.15, 0.2) is 0 Å². The summed E-state index contributed by atoms with van der Waals surface area (Å²) in [6.45, 7) is 0. The molecule has 0 saturated heterocycles. The van der Waals surface area contributed by atoms with Crippen molar-refractivity contribution in [1.29, 1.82) is 0 Å². The van der Waals surface area contributed by atoms with Crippen LogP contribution in [0.1, 0.15) is 0 Å². The van der Waals surface area contributed by atoms with Crippen LogP contribution in [0.3, 0.4) is 0 Å². The third kappa shape index (κ3) is 2.61. The standard InChI is InChI=1S/C18H13BrO/c19-15-9-10-17(14-7-4-8-16(20)11-14)18(12-15)13-5-2-1-3-6-13/h1-12,20H. The van der Waals surface area contributed by atoms with Crippen molar-refractivity contribution in [2.24, 2.45) is 0 Å². The molecule has 98 valence electrons. The van der Waals surface area contributed by atoms with E-state index in [-0.39, 0.29) is 5.75 Å². The third-order valence-corrected chi connectivity index (χ3v) is 3.72. The lowest BCUT2D eigenvalue weighted by molar-refractivity contribution is 0.475. The minimum Gasteiger partial charge on any atom is -0.508 e. The van der Waals surface area contributed by atoms with Crippen LogP contribution < -0.4 is 0 Å². The topological polar surface area (TPSA) is 20.2 Å². The predicted octanol–water partition coefficient (Wildman–Crippen LogP) is 5.49. The van der Waals surface area contributed by atoms with E-state index in [1.165, 1.54) is 0 Å². The van der Waals surface area contributed by atoms with Crippen LogP contribution in [0.2, 0.25) is 0 Å². The van der Waals surface area contributed by atoms with Gasteiger partial charge in [0.25, 0.3) is 0 Å². The Bertz CT molecular complexity index is 735. The Balaban J connectivity index is 2.22. The Morgan fingerprint density at radius 1 is 0.650 bits per heavy atom. The van der Waals surface area contributed by atoms with E-state index in [1.54, 1.807) is 12.1 Å². The van der Waals surface area contributed by atoms with Gasteiger partial charge in [-0.15, -0.1) is 0 Å². The first-order valence-corrected chi connectivity index (χ1v) is 7.18. The quantitative estimate of drug-likeness (QED) is 0.661. The average Bonchev–Trinajstić information content (AvgIpc) is 2.48. The number of rotatable bonds is 2.